The van der Waals surface area contributed by atoms with Crippen molar-refractivity contribution in [2.24, 2.45) is 0 Å². The summed E-state index contributed by atoms with van der Waals surface area (Å²) in [5, 5.41) is 0. The summed E-state index contributed by atoms with van der Waals surface area (Å²) in [6, 6.07) is 3.18. The van der Waals surface area contributed by atoms with Gasteiger partial charge < -0.3 is 9.79 Å². The van der Waals surface area contributed by atoms with Gasteiger partial charge in [0.05, 0.1) is 15.8 Å². The molecule has 4 nitrogen and oxygen atoms in total. The van der Waals surface area contributed by atoms with Crippen LogP contribution in [0.1, 0.15) is 5.56 Å². The summed E-state index contributed by atoms with van der Waals surface area (Å²) in [6.07, 6.45) is -4.43. The first-order chi connectivity index (χ1) is 8.65. The molecule has 0 fully saturated rings. The van der Waals surface area contributed by atoms with Gasteiger partial charge in [-0.25, -0.2) is 4.98 Å². The predicted molar refractivity (Wildman–Crippen MR) is 67.4 cm³/mol. The highest BCUT2D eigenvalue weighted by Gasteiger charge is 2.30. The van der Waals surface area contributed by atoms with Crippen molar-refractivity contribution in [3.05, 3.63) is 23.8 Å². The summed E-state index contributed by atoms with van der Waals surface area (Å²) in [5.41, 5.74) is -1.07. The van der Waals surface area contributed by atoms with E-state index in [9.17, 15) is 17.7 Å². The molecule has 0 radical (unpaired) electrons. The molecule has 2 aromatic rings. The lowest BCUT2D eigenvalue weighted by molar-refractivity contribution is -0.137. The lowest BCUT2D eigenvalue weighted by Crippen LogP contribution is -2.03. The van der Waals surface area contributed by atoms with Crippen molar-refractivity contribution in [3.8, 4) is 0 Å². The fourth-order valence-electron chi connectivity index (χ4n) is 1.28. The standard InChI is InChI=1S/C9H7F3NO3PS2/c10-9(11,12)5-1-2-7-6(3-5)13-8(19-7)18-4-17(14,15)16/h1-3H,4H2,(H2,14,15,16). The Balaban J connectivity index is 2.28. The molecule has 0 saturated heterocycles. The van der Waals surface area contributed by atoms with E-state index in [-0.39, 0.29) is 5.52 Å². The van der Waals surface area contributed by atoms with Gasteiger partial charge >= 0.3 is 13.8 Å². The summed E-state index contributed by atoms with van der Waals surface area (Å²) < 4.78 is 49.1. The van der Waals surface area contributed by atoms with Gasteiger partial charge in [-0.05, 0) is 18.2 Å². The second kappa shape index (κ2) is 5.06. The Hall–Kier alpha value is -0.600. The zero-order chi connectivity index (χ0) is 14.3. The maximum absolute atomic E-state index is 12.5. The molecule has 104 valence electrons. The first-order valence-electron chi connectivity index (χ1n) is 4.80. The topological polar surface area (TPSA) is 70.4 Å². The van der Waals surface area contributed by atoms with Crippen LogP contribution in [0.25, 0.3) is 10.2 Å². The number of rotatable bonds is 3. The van der Waals surface area contributed by atoms with Crippen LogP contribution in [0.5, 0.6) is 0 Å². The first kappa shape index (κ1) is 14.8. The molecule has 0 aliphatic rings. The number of thioether (sulfide) groups is 1. The van der Waals surface area contributed by atoms with Crippen LogP contribution in [-0.4, -0.2) is 20.3 Å². The maximum atomic E-state index is 12.5. The summed E-state index contributed by atoms with van der Waals surface area (Å²) >= 11 is 1.93. The largest absolute Gasteiger partial charge is 0.416 e. The van der Waals surface area contributed by atoms with Crippen LogP contribution in [0.2, 0.25) is 0 Å². The Morgan fingerprint density at radius 2 is 2.05 bits per heavy atom. The fourth-order valence-corrected chi connectivity index (χ4v) is 4.22. The average Bonchev–Trinajstić information content (AvgIpc) is 2.65. The smallest absolute Gasteiger partial charge is 0.324 e. The monoisotopic (exact) mass is 329 g/mol. The average molecular weight is 329 g/mol. The van der Waals surface area contributed by atoms with Crippen LogP contribution < -0.4 is 0 Å². The summed E-state index contributed by atoms with van der Waals surface area (Å²) in [7, 11) is -4.16. The second-order valence-corrected chi connectivity index (χ2v) is 7.92. The van der Waals surface area contributed by atoms with Crippen LogP contribution >= 0.6 is 30.7 Å². The first-order valence-corrected chi connectivity index (χ1v) is 8.40. The predicted octanol–water partition coefficient (Wildman–Crippen LogP) is 3.54. The third-order valence-electron chi connectivity index (χ3n) is 2.05. The molecular formula is C9H7F3NO3PS2. The molecular weight excluding hydrogens is 322 g/mol. The Kier molecular flexibility index (Phi) is 3.95. The van der Waals surface area contributed by atoms with E-state index in [0.717, 1.165) is 35.2 Å². The highest BCUT2D eigenvalue weighted by Crippen LogP contribution is 2.43. The number of benzene rings is 1. The number of thiazole rings is 1. The number of halogens is 3. The third kappa shape index (κ3) is 3.93. The molecule has 10 heteroatoms. The minimum absolute atomic E-state index is 0.174. The maximum Gasteiger partial charge on any atom is 0.416 e. The molecule has 0 atom stereocenters. The highest BCUT2D eigenvalue weighted by atomic mass is 32.2. The molecule has 0 aliphatic carbocycles. The quantitative estimate of drug-likeness (QED) is 0.666. The van der Waals surface area contributed by atoms with Crippen molar-refractivity contribution in [2.75, 3.05) is 5.49 Å². The van der Waals surface area contributed by atoms with E-state index in [2.05, 4.69) is 4.98 Å². The molecule has 0 spiro atoms. The van der Waals surface area contributed by atoms with Crippen molar-refractivity contribution >= 4 is 40.9 Å². The van der Waals surface area contributed by atoms with Gasteiger partial charge in [-0.15, -0.1) is 11.3 Å². The molecule has 1 aromatic heterocycles. The lowest BCUT2D eigenvalue weighted by Gasteiger charge is -2.04. The molecule has 2 rings (SSSR count). The van der Waals surface area contributed by atoms with E-state index in [1.165, 1.54) is 6.07 Å². The van der Waals surface area contributed by atoms with Gasteiger partial charge in [-0.3, -0.25) is 4.57 Å². The molecule has 1 heterocycles. The molecule has 0 saturated carbocycles. The fraction of sp³-hybridized carbons (Fsp3) is 0.222. The van der Waals surface area contributed by atoms with Gasteiger partial charge in [0.1, 0.15) is 5.49 Å². The number of aromatic nitrogens is 1. The highest BCUT2D eigenvalue weighted by molar-refractivity contribution is 8.05. The van der Waals surface area contributed by atoms with Gasteiger partial charge in [0.15, 0.2) is 4.34 Å². The summed E-state index contributed by atoms with van der Waals surface area (Å²) in [5.74, 6) is 0. The minimum atomic E-state index is -4.43. The number of alkyl halides is 3. The molecule has 0 amide bonds. The van der Waals surface area contributed by atoms with Crippen LogP contribution in [0, 0.1) is 0 Å². The van der Waals surface area contributed by atoms with Gasteiger partial charge in [0.2, 0.25) is 0 Å². The molecule has 0 aliphatic heterocycles. The van der Waals surface area contributed by atoms with E-state index in [1.54, 1.807) is 0 Å². The number of nitrogens with zero attached hydrogens (tertiary/aromatic N) is 1. The number of hydrogen-bond donors (Lipinski definition) is 2. The minimum Gasteiger partial charge on any atom is -0.324 e. The van der Waals surface area contributed by atoms with Crippen molar-refractivity contribution in [2.45, 2.75) is 10.5 Å². The van der Waals surface area contributed by atoms with Crippen LogP contribution in [-0.2, 0) is 10.7 Å². The number of hydrogen-bond acceptors (Lipinski definition) is 4. The number of fused-ring (bicyclic) bond motifs is 1. The summed E-state index contributed by atoms with van der Waals surface area (Å²) in [4.78, 5) is 21.4. The zero-order valence-corrected chi connectivity index (χ0v) is 11.6. The van der Waals surface area contributed by atoms with Crippen LogP contribution in [0.4, 0.5) is 13.2 Å². The molecule has 0 unspecified atom stereocenters. The Morgan fingerprint density at radius 3 is 2.63 bits per heavy atom. The zero-order valence-electron chi connectivity index (χ0n) is 9.09. The van der Waals surface area contributed by atoms with E-state index in [4.69, 9.17) is 9.79 Å². The van der Waals surface area contributed by atoms with Crippen molar-refractivity contribution < 1.29 is 27.5 Å². The van der Waals surface area contributed by atoms with Gasteiger partial charge in [-0.2, -0.15) is 13.2 Å². The Bertz CT molecular complexity index is 652. The van der Waals surface area contributed by atoms with E-state index in [0.29, 0.717) is 9.04 Å². The van der Waals surface area contributed by atoms with Gasteiger partial charge in [0, 0.05) is 0 Å². The van der Waals surface area contributed by atoms with Crippen molar-refractivity contribution in [1.82, 2.24) is 4.98 Å². The van der Waals surface area contributed by atoms with Crippen LogP contribution in [0.3, 0.4) is 0 Å². The third-order valence-corrected chi connectivity index (χ3v) is 5.69. The van der Waals surface area contributed by atoms with E-state index in [1.807, 2.05) is 0 Å². The van der Waals surface area contributed by atoms with Crippen LogP contribution in [0.15, 0.2) is 22.5 Å². The van der Waals surface area contributed by atoms with E-state index >= 15 is 0 Å². The lowest BCUT2D eigenvalue weighted by atomic mass is 10.2. The molecule has 19 heavy (non-hydrogen) atoms. The Morgan fingerprint density at radius 1 is 1.37 bits per heavy atom. The summed E-state index contributed by atoms with van der Waals surface area (Å²) in [6.45, 7) is 0. The van der Waals surface area contributed by atoms with Gasteiger partial charge in [-0.1, -0.05) is 11.8 Å². The van der Waals surface area contributed by atoms with E-state index < -0.39 is 24.8 Å². The SMILES string of the molecule is O=P(O)(O)CSc1nc2cc(C(F)(F)F)ccc2s1. The van der Waals surface area contributed by atoms with Gasteiger partial charge in [0.25, 0.3) is 0 Å². The molecule has 2 N–H and O–H groups in total. The van der Waals surface area contributed by atoms with Crippen molar-refractivity contribution in [3.63, 3.8) is 0 Å². The second-order valence-electron chi connectivity index (χ2n) is 3.60. The molecule has 0 bridgehead atoms. The normalized spacial score (nSPS) is 13.1. The Labute approximate surface area is 113 Å². The molecule has 1 aromatic carbocycles. The van der Waals surface area contributed by atoms with Crippen molar-refractivity contribution in [1.29, 1.82) is 0 Å².